The molecule has 0 aromatic heterocycles. The summed E-state index contributed by atoms with van der Waals surface area (Å²) in [5, 5.41) is 3.67. The minimum atomic E-state index is -0.145. The van der Waals surface area contributed by atoms with Gasteiger partial charge in [-0.3, -0.25) is 9.69 Å². The highest BCUT2D eigenvalue weighted by Gasteiger charge is 2.13. The number of nitrogens with one attached hydrogen (secondary N) is 1. The summed E-state index contributed by atoms with van der Waals surface area (Å²) < 4.78 is 0. The van der Waals surface area contributed by atoms with Crippen LogP contribution in [0.5, 0.6) is 0 Å². The normalized spacial score (nSPS) is 10.8. The maximum atomic E-state index is 11.9. The minimum absolute atomic E-state index is 0.145. The fourth-order valence-electron chi connectivity index (χ4n) is 1.64. The molecule has 1 aromatic rings. The van der Waals surface area contributed by atoms with Gasteiger partial charge in [0.2, 0.25) is 5.91 Å². The van der Waals surface area contributed by atoms with Gasteiger partial charge in [-0.05, 0) is 45.1 Å². The standard InChI is InChI=1S/C13H19Cl2N3O/c1-9-4-5-10(14)13(12(9)15)17-11(19)8-18(2)7-3-6-16/h4-5H,3,6-8,16H2,1-2H3,(H,17,19). The van der Waals surface area contributed by atoms with E-state index in [9.17, 15) is 4.79 Å². The van der Waals surface area contributed by atoms with Gasteiger partial charge in [0.1, 0.15) is 0 Å². The summed E-state index contributed by atoms with van der Waals surface area (Å²) in [7, 11) is 1.87. The molecular weight excluding hydrogens is 285 g/mol. The van der Waals surface area contributed by atoms with Crippen LogP contribution in [0, 0.1) is 6.92 Å². The van der Waals surface area contributed by atoms with Crippen LogP contribution in [-0.2, 0) is 4.79 Å². The summed E-state index contributed by atoms with van der Waals surface area (Å²) in [5.41, 5.74) is 6.77. The maximum Gasteiger partial charge on any atom is 0.238 e. The molecule has 1 amide bonds. The SMILES string of the molecule is Cc1ccc(Cl)c(NC(=O)CN(C)CCCN)c1Cl. The van der Waals surface area contributed by atoms with Crippen LogP contribution in [0.4, 0.5) is 5.69 Å². The van der Waals surface area contributed by atoms with Crippen LogP contribution in [0.15, 0.2) is 12.1 Å². The second-order valence-corrected chi connectivity index (χ2v) is 5.27. The first-order valence-corrected chi connectivity index (χ1v) is 6.84. The number of aryl methyl sites for hydroxylation is 1. The average molecular weight is 304 g/mol. The molecule has 3 N–H and O–H groups in total. The Hall–Kier alpha value is -0.810. The highest BCUT2D eigenvalue weighted by Crippen LogP contribution is 2.32. The Morgan fingerprint density at radius 1 is 1.42 bits per heavy atom. The summed E-state index contributed by atoms with van der Waals surface area (Å²) in [6.07, 6.45) is 0.857. The Kier molecular flexibility index (Phi) is 6.58. The number of hydrogen-bond donors (Lipinski definition) is 2. The third kappa shape index (κ3) is 4.99. The van der Waals surface area contributed by atoms with E-state index in [1.54, 1.807) is 6.07 Å². The number of nitrogens with zero attached hydrogens (tertiary/aromatic N) is 1. The largest absolute Gasteiger partial charge is 0.330 e. The Morgan fingerprint density at radius 2 is 2.11 bits per heavy atom. The first-order valence-electron chi connectivity index (χ1n) is 6.08. The molecule has 0 heterocycles. The third-order valence-corrected chi connectivity index (χ3v) is 3.51. The van der Waals surface area contributed by atoms with Crippen molar-refractivity contribution in [3.63, 3.8) is 0 Å². The monoisotopic (exact) mass is 303 g/mol. The lowest BCUT2D eigenvalue weighted by atomic mass is 10.2. The van der Waals surface area contributed by atoms with E-state index in [4.69, 9.17) is 28.9 Å². The van der Waals surface area contributed by atoms with Crippen LogP contribution in [-0.4, -0.2) is 37.5 Å². The fourth-order valence-corrected chi connectivity index (χ4v) is 2.10. The summed E-state index contributed by atoms with van der Waals surface area (Å²) in [5.74, 6) is -0.145. The number of benzene rings is 1. The van der Waals surface area contributed by atoms with Gasteiger partial charge in [0.25, 0.3) is 0 Å². The highest BCUT2D eigenvalue weighted by atomic mass is 35.5. The molecule has 0 aliphatic rings. The third-order valence-electron chi connectivity index (χ3n) is 2.71. The van der Waals surface area contributed by atoms with Crippen molar-refractivity contribution in [1.29, 1.82) is 0 Å². The first kappa shape index (κ1) is 16.2. The van der Waals surface area contributed by atoms with Crippen LogP contribution < -0.4 is 11.1 Å². The first-order chi connectivity index (χ1) is 8.95. The minimum Gasteiger partial charge on any atom is -0.330 e. The molecule has 0 spiro atoms. The van der Waals surface area contributed by atoms with Gasteiger partial charge in [-0.1, -0.05) is 29.3 Å². The van der Waals surface area contributed by atoms with E-state index in [0.29, 0.717) is 22.3 Å². The van der Waals surface area contributed by atoms with E-state index in [2.05, 4.69) is 5.32 Å². The lowest BCUT2D eigenvalue weighted by Gasteiger charge is -2.17. The average Bonchev–Trinajstić information content (AvgIpc) is 2.36. The predicted octanol–water partition coefficient (Wildman–Crippen LogP) is 2.52. The van der Waals surface area contributed by atoms with Crippen molar-refractivity contribution in [2.45, 2.75) is 13.3 Å². The van der Waals surface area contributed by atoms with E-state index < -0.39 is 0 Å². The van der Waals surface area contributed by atoms with E-state index in [1.807, 2.05) is 24.9 Å². The molecule has 0 saturated heterocycles. The van der Waals surface area contributed by atoms with Crippen LogP contribution in [0.1, 0.15) is 12.0 Å². The number of nitrogens with two attached hydrogens (primary N) is 1. The summed E-state index contributed by atoms with van der Waals surface area (Å²) >= 11 is 12.2. The van der Waals surface area contributed by atoms with E-state index in [1.165, 1.54) is 0 Å². The van der Waals surface area contributed by atoms with Gasteiger partial charge in [-0.15, -0.1) is 0 Å². The molecule has 0 atom stereocenters. The molecule has 0 fully saturated rings. The molecule has 0 radical (unpaired) electrons. The molecule has 1 aromatic carbocycles. The molecule has 4 nitrogen and oxygen atoms in total. The number of anilines is 1. The quantitative estimate of drug-likeness (QED) is 0.849. The molecule has 6 heteroatoms. The number of rotatable bonds is 6. The number of hydrogen-bond acceptors (Lipinski definition) is 3. The molecule has 0 aliphatic heterocycles. The zero-order valence-corrected chi connectivity index (χ0v) is 12.7. The van der Waals surface area contributed by atoms with Gasteiger partial charge in [-0.25, -0.2) is 0 Å². The van der Waals surface area contributed by atoms with Gasteiger partial charge < -0.3 is 11.1 Å². The molecule has 0 aliphatic carbocycles. The van der Waals surface area contributed by atoms with E-state index in [0.717, 1.165) is 18.5 Å². The molecule has 1 rings (SSSR count). The zero-order chi connectivity index (χ0) is 14.4. The lowest BCUT2D eigenvalue weighted by molar-refractivity contribution is -0.117. The predicted molar refractivity (Wildman–Crippen MR) is 81.0 cm³/mol. The Bertz CT molecular complexity index is 452. The van der Waals surface area contributed by atoms with Crippen LogP contribution in [0.3, 0.4) is 0 Å². The number of likely N-dealkylation sites (N-methyl/N-ethyl adjacent to an activating group) is 1. The van der Waals surface area contributed by atoms with Crippen molar-refractivity contribution in [3.8, 4) is 0 Å². The number of carbonyl (C=O) groups excluding carboxylic acids is 1. The number of carbonyl (C=O) groups is 1. The maximum absolute atomic E-state index is 11.9. The van der Waals surface area contributed by atoms with Gasteiger partial charge >= 0.3 is 0 Å². The molecule has 0 unspecified atom stereocenters. The van der Waals surface area contributed by atoms with Crippen LogP contribution >= 0.6 is 23.2 Å². The van der Waals surface area contributed by atoms with Crippen molar-refractivity contribution in [1.82, 2.24) is 4.90 Å². The van der Waals surface area contributed by atoms with Crippen molar-refractivity contribution in [3.05, 3.63) is 27.7 Å². The second kappa shape index (κ2) is 7.70. The summed E-state index contributed by atoms with van der Waals surface area (Å²) in [4.78, 5) is 13.8. The lowest BCUT2D eigenvalue weighted by Crippen LogP contribution is -2.31. The topological polar surface area (TPSA) is 58.4 Å². The second-order valence-electron chi connectivity index (χ2n) is 4.48. The van der Waals surface area contributed by atoms with Gasteiger partial charge in [0, 0.05) is 0 Å². The van der Waals surface area contributed by atoms with Crippen molar-refractivity contribution in [2.75, 3.05) is 32.0 Å². The van der Waals surface area contributed by atoms with Crippen molar-refractivity contribution in [2.24, 2.45) is 5.73 Å². The van der Waals surface area contributed by atoms with Gasteiger partial charge in [0.05, 0.1) is 22.3 Å². The Morgan fingerprint density at radius 3 is 2.74 bits per heavy atom. The number of amides is 1. The summed E-state index contributed by atoms with van der Waals surface area (Å²) in [6.45, 7) is 3.53. The Labute approximate surface area is 123 Å². The number of halogens is 2. The van der Waals surface area contributed by atoms with Crippen molar-refractivity contribution >= 4 is 34.8 Å². The summed E-state index contributed by atoms with van der Waals surface area (Å²) in [6, 6.07) is 3.53. The smallest absolute Gasteiger partial charge is 0.238 e. The fraction of sp³-hybridized carbons (Fsp3) is 0.462. The zero-order valence-electron chi connectivity index (χ0n) is 11.2. The molecule has 19 heavy (non-hydrogen) atoms. The Balaban J connectivity index is 2.65. The molecule has 0 bridgehead atoms. The van der Waals surface area contributed by atoms with Crippen molar-refractivity contribution < 1.29 is 4.79 Å². The van der Waals surface area contributed by atoms with Gasteiger partial charge in [-0.2, -0.15) is 0 Å². The molecular formula is C13H19Cl2N3O. The highest BCUT2D eigenvalue weighted by molar-refractivity contribution is 6.40. The van der Waals surface area contributed by atoms with E-state index in [-0.39, 0.29) is 12.5 Å². The van der Waals surface area contributed by atoms with Gasteiger partial charge in [0.15, 0.2) is 0 Å². The van der Waals surface area contributed by atoms with E-state index >= 15 is 0 Å². The molecule has 106 valence electrons. The molecule has 0 saturated carbocycles. The van der Waals surface area contributed by atoms with Crippen LogP contribution in [0.2, 0.25) is 10.0 Å². The van der Waals surface area contributed by atoms with Crippen LogP contribution in [0.25, 0.3) is 0 Å².